The summed E-state index contributed by atoms with van der Waals surface area (Å²) in [5, 5.41) is 4.90. The van der Waals surface area contributed by atoms with Crippen molar-refractivity contribution < 1.29 is 4.74 Å². The Bertz CT molecular complexity index is 1020. The van der Waals surface area contributed by atoms with Gasteiger partial charge in [-0.1, -0.05) is 17.7 Å². The summed E-state index contributed by atoms with van der Waals surface area (Å²) < 4.78 is 8.20. The number of rotatable bonds is 5. The Balaban J connectivity index is 1.57. The molecule has 2 fully saturated rings. The fourth-order valence-electron chi connectivity index (χ4n) is 4.40. The van der Waals surface area contributed by atoms with Gasteiger partial charge in [0.1, 0.15) is 6.04 Å². The zero-order chi connectivity index (χ0) is 20.5. The van der Waals surface area contributed by atoms with Gasteiger partial charge in [0.05, 0.1) is 17.8 Å². The molecule has 2 saturated heterocycles. The molecule has 3 atom stereocenters. The monoisotopic (exact) mass is 438 g/mol. The van der Waals surface area contributed by atoms with Crippen LogP contribution in [0.3, 0.4) is 0 Å². The van der Waals surface area contributed by atoms with Crippen LogP contribution < -0.4 is 10.2 Å². The number of hydrogen-bond donors (Lipinski definition) is 1. The van der Waals surface area contributed by atoms with Crippen LogP contribution in [0, 0.1) is 0 Å². The minimum Gasteiger partial charge on any atom is -0.376 e. The molecule has 154 valence electrons. The second kappa shape index (κ2) is 8.38. The lowest BCUT2D eigenvalue weighted by atomic mass is 10.0. The van der Waals surface area contributed by atoms with Gasteiger partial charge in [0, 0.05) is 41.9 Å². The van der Waals surface area contributed by atoms with E-state index in [0.29, 0.717) is 10.1 Å². The summed E-state index contributed by atoms with van der Waals surface area (Å²) in [6, 6.07) is 18.0. The highest BCUT2D eigenvalue weighted by Crippen LogP contribution is 2.42. The topological polar surface area (TPSA) is 42.3 Å². The van der Waals surface area contributed by atoms with Gasteiger partial charge in [-0.05, 0) is 73.6 Å². The van der Waals surface area contributed by atoms with Crippen molar-refractivity contribution in [2.24, 2.45) is 0 Å². The number of nitrogens with one attached hydrogen (secondary N) is 1. The number of pyridine rings is 1. The van der Waals surface area contributed by atoms with Gasteiger partial charge in [-0.2, -0.15) is 0 Å². The van der Waals surface area contributed by atoms with E-state index >= 15 is 0 Å². The number of thiocarbonyl (C=S) groups is 1. The van der Waals surface area contributed by atoms with Crippen molar-refractivity contribution in [3.05, 3.63) is 83.4 Å². The smallest absolute Gasteiger partial charge is 0.174 e. The summed E-state index contributed by atoms with van der Waals surface area (Å²) in [5.41, 5.74) is 3.15. The van der Waals surface area contributed by atoms with Crippen molar-refractivity contribution in [2.75, 3.05) is 11.5 Å². The Hall–Kier alpha value is -2.41. The van der Waals surface area contributed by atoms with Crippen LogP contribution in [0.25, 0.3) is 0 Å². The molecular formula is C23H23ClN4OS. The maximum Gasteiger partial charge on any atom is 0.174 e. The highest BCUT2D eigenvalue weighted by atomic mass is 35.5. The van der Waals surface area contributed by atoms with Gasteiger partial charge in [0.2, 0.25) is 0 Å². The van der Waals surface area contributed by atoms with Gasteiger partial charge < -0.3 is 19.5 Å². The molecule has 0 saturated carbocycles. The van der Waals surface area contributed by atoms with Crippen LogP contribution in [-0.2, 0) is 11.3 Å². The van der Waals surface area contributed by atoms with Gasteiger partial charge in [-0.15, -0.1) is 0 Å². The number of halogens is 1. The quantitative estimate of drug-likeness (QED) is 0.574. The van der Waals surface area contributed by atoms with Crippen molar-refractivity contribution in [2.45, 2.75) is 37.6 Å². The molecule has 0 bridgehead atoms. The number of ether oxygens (including phenoxy) is 1. The Morgan fingerprint density at radius 3 is 2.73 bits per heavy atom. The van der Waals surface area contributed by atoms with E-state index in [4.69, 9.17) is 28.6 Å². The second-order valence-electron chi connectivity index (χ2n) is 7.69. The highest BCUT2D eigenvalue weighted by molar-refractivity contribution is 7.80. The van der Waals surface area contributed by atoms with Gasteiger partial charge >= 0.3 is 0 Å². The molecule has 2 aliphatic heterocycles. The first-order valence-electron chi connectivity index (χ1n) is 10.2. The zero-order valence-corrected chi connectivity index (χ0v) is 18.0. The van der Waals surface area contributed by atoms with E-state index < -0.39 is 0 Å². The molecule has 7 heteroatoms. The van der Waals surface area contributed by atoms with Crippen molar-refractivity contribution in [3.63, 3.8) is 0 Å². The van der Waals surface area contributed by atoms with Crippen LogP contribution in [-0.4, -0.2) is 27.4 Å². The summed E-state index contributed by atoms with van der Waals surface area (Å²) in [4.78, 5) is 6.80. The van der Waals surface area contributed by atoms with Gasteiger partial charge in [-0.25, -0.2) is 0 Å². The lowest BCUT2D eigenvalue weighted by molar-refractivity contribution is 0.0961. The van der Waals surface area contributed by atoms with Gasteiger partial charge in [0.15, 0.2) is 5.11 Å². The van der Waals surface area contributed by atoms with Gasteiger partial charge in [0.25, 0.3) is 0 Å². The molecule has 0 unspecified atom stereocenters. The molecule has 30 heavy (non-hydrogen) atoms. The average molecular weight is 439 g/mol. The largest absolute Gasteiger partial charge is 0.376 e. The minimum atomic E-state index is -0.0625. The van der Waals surface area contributed by atoms with Crippen LogP contribution in [0.4, 0.5) is 5.69 Å². The number of anilines is 1. The highest BCUT2D eigenvalue weighted by Gasteiger charge is 2.42. The second-order valence-corrected chi connectivity index (χ2v) is 8.52. The molecule has 5 nitrogen and oxygen atoms in total. The Morgan fingerprint density at radius 1 is 1.13 bits per heavy atom. The normalized spacial score (nSPS) is 23.7. The Kier molecular flexibility index (Phi) is 5.46. The van der Waals surface area contributed by atoms with E-state index in [1.54, 1.807) is 0 Å². The van der Waals surface area contributed by atoms with Crippen LogP contribution in [0.1, 0.15) is 36.3 Å². The SMILES string of the molecule is S=C1N[C@H](c2ccccn2)[C@@H](c2cccn2C[C@@H]2CCCO2)N1c1ccc(Cl)cc1. The maximum absolute atomic E-state index is 6.14. The molecule has 5 rings (SSSR count). The minimum absolute atomic E-state index is 0.0371. The Labute approximate surface area is 186 Å². The third-order valence-corrected chi connectivity index (χ3v) is 6.36. The zero-order valence-electron chi connectivity index (χ0n) is 16.4. The fourth-order valence-corrected chi connectivity index (χ4v) is 4.88. The Morgan fingerprint density at radius 2 is 2.00 bits per heavy atom. The number of hydrogen-bond acceptors (Lipinski definition) is 3. The number of nitrogens with zero attached hydrogens (tertiary/aromatic N) is 3. The van der Waals surface area contributed by atoms with E-state index in [9.17, 15) is 0 Å². The lowest BCUT2D eigenvalue weighted by Crippen LogP contribution is -2.31. The van der Waals surface area contributed by atoms with Crippen molar-refractivity contribution in [3.8, 4) is 0 Å². The van der Waals surface area contributed by atoms with E-state index in [1.165, 1.54) is 5.69 Å². The maximum atomic E-state index is 6.14. The predicted molar refractivity (Wildman–Crippen MR) is 123 cm³/mol. The molecule has 0 aliphatic carbocycles. The van der Waals surface area contributed by atoms with E-state index in [2.05, 4.69) is 38.1 Å². The number of benzene rings is 1. The molecule has 3 aromatic rings. The summed E-state index contributed by atoms with van der Waals surface area (Å²) in [7, 11) is 0. The van der Waals surface area contributed by atoms with Crippen LogP contribution in [0.5, 0.6) is 0 Å². The molecule has 1 aromatic carbocycles. The standard InChI is InChI=1S/C23H23ClN4OS/c24-16-8-10-17(11-9-16)28-22(21(26-23(28)30)19-6-1-2-12-25-19)20-7-3-13-27(20)15-18-5-4-14-29-18/h1-3,6-13,18,21-22H,4-5,14-15H2,(H,26,30)/t18-,21+,22+/m0/s1. The van der Waals surface area contributed by atoms with Crippen molar-refractivity contribution in [1.29, 1.82) is 0 Å². The molecule has 2 aromatic heterocycles. The summed E-state index contributed by atoms with van der Waals surface area (Å²) >= 11 is 11.9. The molecule has 1 N–H and O–H groups in total. The summed E-state index contributed by atoms with van der Waals surface area (Å²) in [6.45, 7) is 1.69. The third kappa shape index (κ3) is 3.71. The van der Waals surface area contributed by atoms with Crippen LogP contribution in [0.2, 0.25) is 5.02 Å². The molecular weight excluding hydrogens is 416 g/mol. The van der Waals surface area contributed by atoms with Crippen molar-refractivity contribution >= 4 is 34.6 Å². The predicted octanol–water partition coefficient (Wildman–Crippen LogP) is 4.89. The van der Waals surface area contributed by atoms with E-state index in [-0.39, 0.29) is 18.2 Å². The molecule has 4 heterocycles. The van der Waals surface area contributed by atoms with E-state index in [1.807, 2.05) is 48.7 Å². The first kappa shape index (κ1) is 19.5. The molecule has 0 amide bonds. The van der Waals surface area contributed by atoms with Crippen LogP contribution in [0.15, 0.2) is 67.0 Å². The third-order valence-electron chi connectivity index (χ3n) is 5.79. The summed E-state index contributed by atoms with van der Waals surface area (Å²) in [5.74, 6) is 0. The first-order valence-corrected chi connectivity index (χ1v) is 11.0. The fraction of sp³-hybridized carbons (Fsp3) is 0.304. The average Bonchev–Trinajstić information content (AvgIpc) is 3.50. The van der Waals surface area contributed by atoms with Gasteiger partial charge in [-0.3, -0.25) is 4.98 Å². The lowest BCUT2D eigenvalue weighted by Gasteiger charge is -2.29. The van der Waals surface area contributed by atoms with Crippen LogP contribution >= 0.6 is 23.8 Å². The molecule has 0 radical (unpaired) electrons. The molecule has 2 aliphatic rings. The summed E-state index contributed by atoms with van der Waals surface area (Å²) in [6.07, 6.45) is 6.45. The van der Waals surface area contributed by atoms with E-state index in [0.717, 1.165) is 37.4 Å². The molecule has 0 spiro atoms. The number of aromatic nitrogens is 2. The van der Waals surface area contributed by atoms with Crippen molar-refractivity contribution in [1.82, 2.24) is 14.9 Å². The first-order chi connectivity index (χ1) is 14.7.